The Kier molecular flexibility index (Phi) is 4.84. The molecule has 9 heteroatoms. The highest BCUT2D eigenvalue weighted by Crippen LogP contribution is 2.53. The fourth-order valence-corrected chi connectivity index (χ4v) is 6.56. The first-order valence-corrected chi connectivity index (χ1v) is 11.6. The zero-order valence-corrected chi connectivity index (χ0v) is 20.4. The molecule has 0 unspecified atom stereocenters. The molecule has 3 aromatic rings. The molecule has 1 aromatic carbocycles. The predicted octanol–water partition coefficient (Wildman–Crippen LogP) is 3.68. The van der Waals surface area contributed by atoms with Crippen LogP contribution in [0.5, 0.6) is 0 Å². The Hall–Kier alpha value is -2.61. The molecule has 176 valence electrons. The number of aromatic nitrogens is 4. The summed E-state index contributed by atoms with van der Waals surface area (Å²) in [6, 6.07) is 4.81. The normalized spacial score (nSPS) is 24.1. The summed E-state index contributed by atoms with van der Waals surface area (Å²) in [5.41, 5.74) is 0.303. The summed E-state index contributed by atoms with van der Waals surface area (Å²) in [5, 5.41) is 0.290. The summed E-state index contributed by atoms with van der Waals surface area (Å²) in [7, 11) is 3.05. The van der Waals surface area contributed by atoms with E-state index in [0.717, 1.165) is 30.4 Å². The van der Waals surface area contributed by atoms with E-state index >= 15 is 0 Å². The summed E-state index contributed by atoms with van der Waals surface area (Å²) in [6.07, 6.45) is 3.15. The lowest BCUT2D eigenvalue weighted by molar-refractivity contribution is 0.136. The third kappa shape index (κ3) is 3.41. The van der Waals surface area contributed by atoms with Gasteiger partial charge in [0, 0.05) is 37.3 Å². The third-order valence-corrected chi connectivity index (χ3v) is 7.73. The van der Waals surface area contributed by atoms with E-state index in [0.29, 0.717) is 17.2 Å². The lowest BCUT2D eigenvalue weighted by Crippen LogP contribution is -2.38. The molecule has 0 amide bonds. The van der Waals surface area contributed by atoms with Crippen molar-refractivity contribution in [2.24, 2.45) is 24.9 Å². The highest BCUT2D eigenvalue weighted by molar-refractivity contribution is 6.31. The van der Waals surface area contributed by atoms with Crippen LogP contribution in [0.3, 0.4) is 0 Å². The average molecular weight is 474 g/mol. The van der Waals surface area contributed by atoms with Crippen LogP contribution in [0.2, 0.25) is 5.02 Å². The molecule has 2 aromatic heterocycles. The molecule has 2 fully saturated rings. The van der Waals surface area contributed by atoms with Gasteiger partial charge >= 0.3 is 5.69 Å². The fraction of sp³-hybridized carbons (Fsp3) is 0.542. The Morgan fingerprint density at radius 1 is 1.15 bits per heavy atom. The van der Waals surface area contributed by atoms with Crippen LogP contribution in [0.25, 0.3) is 11.2 Å². The number of halogens is 2. The molecule has 3 heterocycles. The van der Waals surface area contributed by atoms with Crippen LogP contribution in [0, 0.1) is 16.6 Å². The maximum atomic E-state index is 14.8. The van der Waals surface area contributed by atoms with Gasteiger partial charge in [-0.3, -0.25) is 18.5 Å². The van der Waals surface area contributed by atoms with Crippen molar-refractivity contribution in [3.63, 3.8) is 0 Å². The summed E-state index contributed by atoms with van der Waals surface area (Å²) in [5.74, 6) is 0.152. The molecule has 0 radical (unpaired) electrons. The van der Waals surface area contributed by atoms with Crippen molar-refractivity contribution in [3.05, 3.63) is 55.4 Å². The number of hydrogen-bond donors (Lipinski definition) is 0. The van der Waals surface area contributed by atoms with Gasteiger partial charge in [0.15, 0.2) is 11.2 Å². The van der Waals surface area contributed by atoms with Crippen molar-refractivity contribution >= 4 is 28.7 Å². The van der Waals surface area contributed by atoms with Crippen LogP contribution in [-0.2, 0) is 20.6 Å². The van der Waals surface area contributed by atoms with Gasteiger partial charge in [-0.05, 0) is 42.2 Å². The van der Waals surface area contributed by atoms with Crippen molar-refractivity contribution in [2.75, 3.05) is 11.4 Å². The Bertz CT molecular complexity index is 1380. The number of benzene rings is 1. The zero-order valence-electron chi connectivity index (χ0n) is 19.7. The van der Waals surface area contributed by atoms with Gasteiger partial charge in [0.25, 0.3) is 5.56 Å². The SMILES string of the molecule is Cn1c(=O)c2c(nc(N3C[C@]4(C)C[C@H]3CC(C)(C)C4)n2Cc2c(F)cccc2Cl)n(C)c1=O. The van der Waals surface area contributed by atoms with Crippen LogP contribution in [0.1, 0.15) is 45.6 Å². The van der Waals surface area contributed by atoms with E-state index < -0.39 is 17.1 Å². The maximum Gasteiger partial charge on any atom is 0.332 e. The third-order valence-electron chi connectivity index (χ3n) is 7.38. The van der Waals surface area contributed by atoms with Crippen molar-refractivity contribution < 1.29 is 4.39 Å². The van der Waals surface area contributed by atoms with Gasteiger partial charge < -0.3 is 4.90 Å². The summed E-state index contributed by atoms with van der Waals surface area (Å²) < 4.78 is 19.0. The number of hydrogen-bond acceptors (Lipinski definition) is 4. The van der Waals surface area contributed by atoms with E-state index in [1.54, 1.807) is 23.7 Å². The van der Waals surface area contributed by atoms with Crippen molar-refractivity contribution in [1.29, 1.82) is 0 Å². The molecule has 1 saturated carbocycles. The van der Waals surface area contributed by atoms with E-state index in [1.807, 2.05) is 0 Å². The van der Waals surface area contributed by atoms with E-state index in [4.69, 9.17) is 16.6 Å². The first-order chi connectivity index (χ1) is 15.4. The molecule has 2 bridgehead atoms. The highest BCUT2D eigenvalue weighted by atomic mass is 35.5. The molecule has 1 aliphatic heterocycles. The van der Waals surface area contributed by atoms with Crippen molar-refractivity contribution in [2.45, 2.75) is 52.6 Å². The van der Waals surface area contributed by atoms with Gasteiger partial charge in [0.2, 0.25) is 5.95 Å². The Morgan fingerprint density at radius 2 is 1.88 bits per heavy atom. The highest BCUT2D eigenvalue weighted by Gasteiger charge is 2.50. The van der Waals surface area contributed by atoms with Gasteiger partial charge in [0.1, 0.15) is 5.82 Å². The lowest BCUT2D eigenvalue weighted by Gasteiger charge is -2.39. The van der Waals surface area contributed by atoms with E-state index in [2.05, 4.69) is 25.7 Å². The van der Waals surface area contributed by atoms with E-state index in [-0.39, 0.29) is 34.0 Å². The maximum absolute atomic E-state index is 14.8. The lowest BCUT2D eigenvalue weighted by atomic mass is 9.65. The van der Waals surface area contributed by atoms with Crippen LogP contribution in [0.4, 0.5) is 10.3 Å². The molecule has 1 aliphatic carbocycles. The van der Waals surface area contributed by atoms with Gasteiger partial charge in [0.05, 0.1) is 6.54 Å². The molecule has 0 spiro atoms. The number of fused-ring (bicyclic) bond motifs is 3. The van der Waals surface area contributed by atoms with Gasteiger partial charge in [-0.15, -0.1) is 0 Å². The zero-order chi connectivity index (χ0) is 23.9. The summed E-state index contributed by atoms with van der Waals surface area (Å²) in [6.45, 7) is 7.74. The number of nitrogens with zero attached hydrogens (tertiary/aromatic N) is 5. The molecular formula is C24H29ClFN5O2. The molecule has 5 rings (SSSR count). The summed E-state index contributed by atoms with van der Waals surface area (Å²) >= 11 is 6.36. The first kappa shape index (κ1) is 22.2. The average Bonchev–Trinajstić information content (AvgIpc) is 3.21. The van der Waals surface area contributed by atoms with Crippen molar-refractivity contribution in [3.8, 4) is 0 Å². The molecular weight excluding hydrogens is 445 g/mol. The number of rotatable bonds is 3. The molecule has 1 saturated heterocycles. The standard InChI is InChI=1S/C24H29ClFN5O2/c1-23(2)9-14-10-24(3,12-23)13-31(14)21-27-19-18(20(32)29(5)22(33)28(19)4)30(21)11-15-16(25)7-6-8-17(15)26/h6-8,14H,9-13H2,1-5H3/t14-,24-/m1/s1. The monoisotopic (exact) mass is 473 g/mol. The molecule has 33 heavy (non-hydrogen) atoms. The minimum absolute atomic E-state index is 0.0497. The second-order valence-electron chi connectivity index (χ2n) is 10.9. The molecule has 2 aliphatic rings. The minimum Gasteiger partial charge on any atom is -0.339 e. The van der Waals surface area contributed by atoms with Gasteiger partial charge in [-0.2, -0.15) is 4.98 Å². The molecule has 7 nitrogen and oxygen atoms in total. The Labute approximate surface area is 196 Å². The Balaban J connectivity index is 1.77. The Morgan fingerprint density at radius 3 is 2.58 bits per heavy atom. The topological polar surface area (TPSA) is 65.1 Å². The number of aryl methyl sites for hydroxylation is 1. The largest absolute Gasteiger partial charge is 0.339 e. The second kappa shape index (κ2) is 7.19. The molecule has 2 atom stereocenters. The summed E-state index contributed by atoms with van der Waals surface area (Å²) in [4.78, 5) is 32.9. The first-order valence-electron chi connectivity index (χ1n) is 11.3. The van der Waals surface area contributed by atoms with E-state index in [1.165, 1.54) is 17.7 Å². The van der Waals surface area contributed by atoms with Crippen LogP contribution in [0.15, 0.2) is 27.8 Å². The predicted molar refractivity (Wildman–Crippen MR) is 128 cm³/mol. The van der Waals surface area contributed by atoms with Crippen LogP contribution in [-0.4, -0.2) is 31.3 Å². The van der Waals surface area contributed by atoms with Crippen LogP contribution >= 0.6 is 11.6 Å². The number of imidazole rings is 1. The fourth-order valence-electron chi connectivity index (χ4n) is 6.34. The van der Waals surface area contributed by atoms with Gasteiger partial charge in [-0.25, -0.2) is 9.18 Å². The smallest absolute Gasteiger partial charge is 0.332 e. The second-order valence-corrected chi connectivity index (χ2v) is 11.3. The van der Waals surface area contributed by atoms with Crippen molar-refractivity contribution in [1.82, 2.24) is 18.7 Å². The quantitative estimate of drug-likeness (QED) is 0.582. The molecule has 0 N–H and O–H groups in total. The number of anilines is 1. The van der Waals surface area contributed by atoms with Crippen LogP contribution < -0.4 is 16.1 Å². The van der Waals surface area contributed by atoms with E-state index in [9.17, 15) is 14.0 Å². The minimum atomic E-state index is -0.451. The van der Waals surface area contributed by atoms with Gasteiger partial charge in [-0.1, -0.05) is 38.4 Å².